The van der Waals surface area contributed by atoms with Gasteiger partial charge in [-0.2, -0.15) is 5.26 Å². The highest BCUT2D eigenvalue weighted by Gasteiger charge is 2.34. The van der Waals surface area contributed by atoms with Crippen molar-refractivity contribution in [1.82, 2.24) is 4.90 Å². The van der Waals surface area contributed by atoms with Crippen LogP contribution in [0.25, 0.3) is 0 Å². The number of carbonyl (C=O) groups excluding carboxylic acids is 1. The monoisotopic (exact) mass is 369 g/mol. The van der Waals surface area contributed by atoms with Gasteiger partial charge in [0.2, 0.25) is 0 Å². The Kier molecular flexibility index (Phi) is 5.42. The molecule has 1 heterocycles. The topological polar surface area (TPSA) is 56.5 Å². The highest BCUT2D eigenvalue weighted by molar-refractivity contribution is 8.14. The smallest absolute Gasteiger partial charge is 0.260 e. The maximum absolute atomic E-state index is 13.0. The van der Waals surface area contributed by atoms with Gasteiger partial charge in [0.05, 0.1) is 17.3 Å². The van der Waals surface area contributed by atoms with Gasteiger partial charge in [0.15, 0.2) is 5.17 Å². The van der Waals surface area contributed by atoms with Gasteiger partial charge >= 0.3 is 0 Å². The molecule has 1 aliphatic heterocycles. The molecule has 4 nitrogen and oxygen atoms in total. The van der Waals surface area contributed by atoms with Gasteiger partial charge < -0.3 is 0 Å². The van der Waals surface area contributed by atoms with E-state index in [-0.39, 0.29) is 11.9 Å². The van der Waals surface area contributed by atoms with Crippen LogP contribution in [0.1, 0.15) is 29.3 Å². The normalized spacial score (nSPS) is 18.4. The van der Waals surface area contributed by atoms with Crippen LogP contribution in [0.2, 0.25) is 5.02 Å². The second-order valence-corrected chi connectivity index (χ2v) is 7.04. The van der Waals surface area contributed by atoms with Crippen molar-refractivity contribution in [2.24, 2.45) is 4.99 Å². The van der Waals surface area contributed by atoms with Crippen molar-refractivity contribution in [3.8, 4) is 6.07 Å². The molecule has 6 heteroatoms. The summed E-state index contributed by atoms with van der Waals surface area (Å²) in [6.07, 6.45) is 0.844. The summed E-state index contributed by atoms with van der Waals surface area (Å²) in [6, 6.07) is 16.2. The number of rotatable bonds is 3. The van der Waals surface area contributed by atoms with Gasteiger partial charge in [-0.05, 0) is 48.9 Å². The van der Waals surface area contributed by atoms with Crippen molar-refractivity contribution in [2.75, 3.05) is 5.75 Å². The van der Waals surface area contributed by atoms with E-state index < -0.39 is 0 Å². The minimum Gasteiger partial charge on any atom is -0.283 e. The molecular formula is C19H16ClN3OS. The average Bonchev–Trinajstić information content (AvgIpc) is 3.05. The van der Waals surface area contributed by atoms with E-state index in [1.807, 2.05) is 12.1 Å². The van der Waals surface area contributed by atoms with Crippen LogP contribution in [0.3, 0.4) is 0 Å². The second-order valence-electron chi connectivity index (χ2n) is 5.61. The van der Waals surface area contributed by atoms with Gasteiger partial charge in [-0.3, -0.25) is 9.69 Å². The molecule has 1 unspecified atom stereocenters. The Bertz CT molecular complexity index is 858. The van der Waals surface area contributed by atoms with E-state index in [4.69, 9.17) is 16.9 Å². The van der Waals surface area contributed by atoms with E-state index >= 15 is 0 Å². The molecule has 3 rings (SSSR count). The molecule has 0 N–H and O–H groups in total. The Hall–Kier alpha value is -2.29. The maximum Gasteiger partial charge on any atom is 0.260 e. The van der Waals surface area contributed by atoms with Gasteiger partial charge in [-0.15, -0.1) is 0 Å². The second kappa shape index (κ2) is 7.73. The van der Waals surface area contributed by atoms with Crippen molar-refractivity contribution in [3.05, 3.63) is 64.7 Å². The number of carbonyl (C=O) groups is 1. The Balaban J connectivity index is 1.95. The molecule has 126 valence electrons. The Morgan fingerprint density at radius 3 is 2.80 bits per heavy atom. The van der Waals surface area contributed by atoms with E-state index in [1.54, 1.807) is 53.1 Å². The fourth-order valence-electron chi connectivity index (χ4n) is 2.60. The van der Waals surface area contributed by atoms with Crippen LogP contribution in [0.15, 0.2) is 53.5 Å². The highest BCUT2D eigenvalue weighted by Crippen LogP contribution is 2.30. The zero-order valence-electron chi connectivity index (χ0n) is 13.6. The lowest BCUT2D eigenvalue weighted by Gasteiger charge is -2.23. The zero-order valence-corrected chi connectivity index (χ0v) is 15.2. The lowest BCUT2D eigenvalue weighted by Crippen LogP contribution is -2.39. The largest absolute Gasteiger partial charge is 0.283 e. The summed E-state index contributed by atoms with van der Waals surface area (Å²) >= 11 is 7.49. The first kappa shape index (κ1) is 17.5. The summed E-state index contributed by atoms with van der Waals surface area (Å²) in [6.45, 7) is 2.06. The SMILES string of the molecule is CCC1CSC(=Nc2ccc(Cl)cc2)N1C(=O)c1cccc(C#N)c1. The summed E-state index contributed by atoms with van der Waals surface area (Å²) in [5, 5.41) is 10.4. The number of benzene rings is 2. The maximum atomic E-state index is 13.0. The Morgan fingerprint density at radius 1 is 1.36 bits per heavy atom. The van der Waals surface area contributed by atoms with Crippen LogP contribution in [-0.2, 0) is 0 Å². The summed E-state index contributed by atoms with van der Waals surface area (Å²) in [7, 11) is 0. The van der Waals surface area contributed by atoms with Crippen molar-refractivity contribution in [1.29, 1.82) is 5.26 Å². The summed E-state index contributed by atoms with van der Waals surface area (Å²) in [5.74, 6) is 0.689. The molecule has 1 fully saturated rings. The molecule has 0 radical (unpaired) electrons. The number of amidine groups is 1. The van der Waals surface area contributed by atoms with Crippen LogP contribution in [0.4, 0.5) is 5.69 Å². The molecular weight excluding hydrogens is 354 g/mol. The molecule has 0 aromatic heterocycles. The predicted octanol–water partition coefficient (Wildman–Crippen LogP) is 4.87. The molecule has 1 aliphatic rings. The Labute approximate surface area is 156 Å². The van der Waals surface area contributed by atoms with Gasteiger partial charge in [0.25, 0.3) is 5.91 Å². The van der Waals surface area contributed by atoms with Gasteiger partial charge in [-0.1, -0.05) is 36.4 Å². The first-order valence-electron chi connectivity index (χ1n) is 7.93. The zero-order chi connectivity index (χ0) is 17.8. The number of halogens is 1. The number of nitriles is 1. The van der Waals surface area contributed by atoms with Crippen LogP contribution < -0.4 is 0 Å². The van der Waals surface area contributed by atoms with Gasteiger partial charge in [-0.25, -0.2) is 4.99 Å². The minimum absolute atomic E-state index is 0.0919. The molecule has 1 amide bonds. The summed E-state index contributed by atoms with van der Waals surface area (Å²) in [4.78, 5) is 19.4. The first-order valence-corrected chi connectivity index (χ1v) is 9.29. The lowest BCUT2D eigenvalue weighted by atomic mass is 10.1. The lowest BCUT2D eigenvalue weighted by molar-refractivity contribution is 0.0819. The quantitative estimate of drug-likeness (QED) is 0.775. The first-order chi connectivity index (χ1) is 12.1. The summed E-state index contributed by atoms with van der Waals surface area (Å²) in [5.41, 5.74) is 1.73. The third-order valence-corrected chi connectivity index (χ3v) is 5.31. The van der Waals surface area contributed by atoms with Crippen LogP contribution in [0.5, 0.6) is 0 Å². The van der Waals surface area contributed by atoms with E-state index in [0.717, 1.165) is 17.9 Å². The molecule has 0 bridgehead atoms. The molecule has 2 aromatic rings. The van der Waals surface area contributed by atoms with Gasteiger partial charge in [0, 0.05) is 22.4 Å². The van der Waals surface area contributed by atoms with Crippen LogP contribution in [-0.4, -0.2) is 27.8 Å². The minimum atomic E-state index is -0.123. The van der Waals surface area contributed by atoms with E-state index in [1.165, 1.54) is 0 Å². The standard InChI is InChI=1S/C19H16ClN3OS/c1-2-17-12-25-19(22-16-8-6-15(20)7-9-16)23(17)18(24)14-5-3-4-13(10-14)11-21/h3-10,17H,2,12H2,1H3. The van der Waals surface area contributed by atoms with E-state index in [9.17, 15) is 4.79 Å². The van der Waals surface area contributed by atoms with E-state index in [0.29, 0.717) is 21.3 Å². The van der Waals surface area contributed by atoms with Crippen molar-refractivity contribution < 1.29 is 4.79 Å². The number of aliphatic imine (C=N–C) groups is 1. The molecule has 1 atom stereocenters. The Morgan fingerprint density at radius 2 is 2.12 bits per heavy atom. The van der Waals surface area contributed by atoms with Crippen LogP contribution >= 0.6 is 23.4 Å². The van der Waals surface area contributed by atoms with Crippen molar-refractivity contribution in [2.45, 2.75) is 19.4 Å². The molecule has 0 saturated carbocycles. The van der Waals surface area contributed by atoms with E-state index in [2.05, 4.69) is 18.0 Å². The van der Waals surface area contributed by atoms with Crippen molar-refractivity contribution in [3.63, 3.8) is 0 Å². The third kappa shape index (κ3) is 3.87. The van der Waals surface area contributed by atoms with Gasteiger partial charge in [0.1, 0.15) is 0 Å². The fraction of sp³-hybridized carbons (Fsp3) is 0.211. The average molecular weight is 370 g/mol. The molecule has 0 spiro atoms. The molecule has 2 aromatic carbocycles. The number of nitrogens with zero attached hydrogens (tertiary/aromatic N) is 3. The number of amides is 1. The number of hydrogen-bond acceptors (Lipinski definition) is 4. The molecule has 1 saturated heterocycles. The highest BCUT2D eigenvalue weighted by atomic mass is 35.5. The third-order valence-electron chi connectivity index (χ3n) is 3.96. The van der Waals surface area contributed by atoms with Crippen molar-refractivity contribution >= 4 is 40.1 Å². The summed E-state index contributed by atoms with van der Waals surface area (Å²) < 4.78 is 0. The molecule has 25 heavy (non-hydrogen) atoms. The molecule has 0 aliphatic carbocycles. The number of thioether (sulfide) groups is 1. The fourth-order valence-corrected chi connectivity index (χ4v) is 3.99. The van der Waals surface area contributed by atoms with Crippen LogP contribution in [0, 0.1) is 11.3 Å². The predicted molar refractivity (Wildman–Crippen MR) is 102 cm³/mol. The number of hydrogen-bond donors (Lipinski definition) is 0.